The van der Waals surface area contributed by atoms with E-state index in [2.05, 4.69) is 10.6 Å². The molecule has 6 heteroatoms. The first kappa shape index (κ1) is 18.5. The fourth-order valence-corrected chi connectivity index (χ4v) is 2.28. The number of piperazine rings is 1. The summed E-state index contributed by atoms with van der Waals surface area (Å²) in [5, 5.41) is 6.03. The molecule has 1 saturated heterocycles. The maximum atomic E-state index is 14.2. The molecule has 0 aliphatic carbocycles. The number of nitrogens with zero attached hydrogens (tertiary/aromatic N) is 1. The first-order valence-electron chi connectivity index (χ1n) is 7.27. The van der Waals surface area contributed by atoms with Crippen LogP contribution in [0.5, 0.6) is 0 Å². The summed E-state index contributed by atoms with van der Waals surface area (Å²) in [7, 11) is 0. The maximum absolute atomic E-state index is 14.2. The third kappa shape index (κ3) is 4.71. The SMILES string of the molecule is C/C=C(/C)C(=O)NCc1ccc(N2CCNCC2)c(F)c1.Cl. The van der Waals surface area contributed by atoms with Crippen LogP contribution < -0.4 is 15.5 Å². The molecule has 0 saturated carbocycles. The average molecular weight is 328 g/mol. The van der Waals surface area contributed by atoms with E-state index in [1.807, 2.05) is 17.9 Å². The van der Waals surface area contributed by atoms with Crippen LogP contribution in [0.3, 0.4) is 0 Å². The van der Waals surface area contributed by atoms with Gasteiger partial charge in [0.1, 0.15) is 5.82 Å². The number of anilines is 1. The molecular formula is C16H23ClFN3O. The molecule has 0 unspecified atom stereocenters. The van der Waals surface area contributed by atoms with Crippen LogP contribution in [0.25, 0.3) is 0 Å². The minimum absolute atomic E-state index is 0. The van der Waals surface area contributed by atoms with Gasteiger partial charge in [-0.25, -0.2) is 4.39 Å². The van der Waals surface area contributed by atoms with Crippen LogP contribution in [0.2, 0.25) is 0 Å². The standard InChI is InChI=1S/C16H22FN3O.ClH/c1-3-12(2)16(21)19-11-13-4-5-15(14(17)10-13)20-8-6-18-7-9-20;/h3-5,10,18H,6-9,11H2,1-2H3,(H,19,21);1H/b12-3-;. The fourth-order valence-electron chi connectivity index (χ4n) is 2.28. The van der Waals surface area contributed by atoms with Crippen LogP contribution in [-0.2, 0) is 11.3 Å². The third-order valence-electron chi connectivity index (χ3n) is 3.71. The van der Waals surface area contributed by atoms with Crippen molar-refractivity contribution in [3.63, 3.8) is 0 Å². The van der Waals surface area contributed by atoms with Crippen molar-refractivity contribution in [1.29, 1.82) is 0 Å². The van der Waals surface area contributed by atoms with Gasteiger partial charge in [-0.3, -0.25) is 4.79 Å². The Bertz CT molecular complexity index is 542. The quantitative estimate of drug-likeness (QED) is 0.834. The van der Waals surface area contributed by atoms with Crippen molar-refractivity contribution in [1.82, 2.24) is 10.6 Å². The Morgan fingerprint density at radius 2 is 2.09 bits per heavy atom. The van der Waals surface area contributed by atoms with E-state index in [4.69, 9.17) is 0 Å². The Morgan fingerprint density at radius 1 is 1.41 bits per heavy atom. The zero-order valence-corrected chi connectivity index (χ0v) is 13.8. The highest BCUT2D eigenvalue weighted by Gasteiger charge is 2.14. The summed E-state index contributed by atoms with van der Waals surface area (Å²) in [4.78, 5) is 13.7. The van der Waals surface area contributed by atoms with Crippen LogP contribution in [-0.4, -0.2) is 32.1 Å². The predicted octanol–water partition coefficient (Wildman–Crippen LogP) is 2.24. The highest BCUT2D eigenvalue weighted by Crippen LogP contribution is 2.21. The molecule has 1 aromatic rings. The van der Waals surface area contributed by atoms with Gasteiger partial charge in [0.05, 0.1) is 5.69 Å². The van der Waals surface area contributed by atoms with E-state index in [1.165, 1.54) is 6.07 Å². The number of benzene rings is 1. The van der Waals surface area contributed by atoms with E-state index in [9.17, 15) is 9.18 Å². The summed E-state index contributed by atoms with van der Waals surface area (Å²) in [6, 6.07) is 5.17. The second-order valence-electron chi connectivity index (χ2n) is 5.18. The molecular weight excluding hydrogens is 305 g/mol. The number of amides is 1. The molecule has 4 nitrogen and oxygen atoms in total. The molecule has 2 rings (SSSR count). The van der Waals surface area contributed by atoms with E-state index in [0.717, 1.165) is 31.7 Å². The first-order valence-corrected chi connectivity index (χ1v) is 7.27. The van der Waals surface area contributed by atoms with E-state index in [0.29, 0.717) is 17.8 Å². The number of allylic oxidation sites excluding steroid dienone is 1. The Balaban J connectivity index is 0.00000242. The Morgan fingerprint density at radius 3 is 2.68 bits per heavy atom. The lowest BCUT2D eigenvalue weighted by Crippen LogP contribution is -2.43. The van der Waals surface area contributed by atoms with Crippen LogP contribution in [0.15, 0.2) is 29.8 Å². The minimum Gasteiger partial charge on any atom is -0.367 e. The van der Waals surface area contributed by atoms with Gasteiger partial charge in [-0.05, 0) is 31.5 Å². The summed E-state index contributed by atoms with van der Waals surface area (Å²) < 4.78 is 14.2. The van der Waals surface area contributed by atoms with Gasteiger partial charge in [-0.15, -0.1) is 12.4 Å². The molecule has 0 bridgehead atoms. The summed E-state index contributed by atoms with van der Waals surface area (Å²) in [6.45, 7) is 7.28. The minimum atomic E-state index is -0.230. The highest BCUT2D eigenvalue weighted by molar-refractivity contribution is 5.92. The van der Waals surface area contributed by atoms with Gasteiger partial charge in [0.2, 0.25) is 5.91 Å². The van der Waals surface area contributed by atoms with Crippen molar-refractivity contribution in [3.05, 3.63) is 41.2 Å². The fraction of sp³-hybridized carbons (Fsp3) is 0.438. The summed E-state index contributed by atoms with van der Waals surface area (Å²) in [6.07, 6.45) is 1.75. The zero-order valence-electron chi connectivity index (χ0n) is 13.0. The first-order chi connectivity index (χ1) is 10.1. The normalized spacial score (nSPS) is 15.2. The number of halogens is 2. The smallest absolute Gasteiger partial charge is 0.246 e. The van der Waals surface area contributed by atoms with Gasteiger partial charge >= 0.3 is 0 Å². The number of nitrogens with one attached hydrogen (secondary N) is 2. The predicted molar refractivity (Wildman–Crippen MR) is 90.0 cm³/mol. The maximum Gasteiger partial charge on any atom is 0.246 e. The molecule has 2 N–H and O–H groups in total. The highest BCUT2D eigenvalue weighted by atomic mass is 35.5. The molecule has 1 heterocycles. The van der Waals surface area contributed by atoms with Gasteiger partial charge < -0.3 is 15.5 Å². The number of carbonyl (C=O) groups is 1. The van der Waals surface area contributed by atoms with E-state index < -0.39 is 0 Å². The average Bonchev–Trinajstić information content (AvgIpc) is 2.52. The van der Waals surface area contributed by atoms with Gasteiger partial charge in [-0.1, -0.05) is 12.1 Å². The number of hydrogen-bond donors (Lipinski definition) is 2. The lowest BCUT2D eigenvalue weighted by Gasteiger charge is -2.29. The summed E-state index contributed by atoms with van der Waals surface area (Å²) >= 11 is 0. The van der Waals surface area contributed by atoms with Crippen molar-refractivity contribution < 1.29 is 9.18 Å². The van der Waals surface area contributed by atoms with E-state index in [-0.39, 0.29) is 24.1 Å². The largest absolute Gasteiger partial charge is 0.367 e. The number of carbonyl (C=O) groups excluding carboxylic acids is 1. The van der Waals surface area contributed by atoms with Crippen LogP contribution in [0, 0.1) is 5.82 Å². The van der Waals surface area contributed by atoms with Crippen LogP contribution >= 0.6 is 12.4 Å². The van der Waals surface area contributed by atoms with Gasteiger partial charge in [0.15, 0.2) is 0 Å². The molecule has 1 aromatic carbocycles. The molecule has 122 valence electrons. The third-order valence-corrected chi connectivity index (χ3v) is 3.71. The van der Waals surface area contributed by atoms with E-state index in [1.54, 1.807) is 19.1 Å². The van der Waals surface area contributed by atoms with E-state index >= 15 is 0 Å². The number of rotatable bonds is 4. The van der Waals surface area contributed by atoms with Crippen molar-refractivity contribution in [2.45, 2.75) is 20.4 Å². The second kappa shape index (κ2) is 8.76. The van der Waals surface area contributed by atoms with Gasteiger partial charge in [0.25, 0.3) is 0 Å². The van der Waals surface area contributed by atoms with Crippen molar-refractivity contribution in [2.24, 2.45) is 0 Å². The van der Waals surface area contributed by atoms with Gasteiger partial charge in [0, 0.05) is 38.3 Å². The molecule has 0 spiro atoms. The lowest BCUT2D eigenvalue weighted by atomic mass is 10.1. The second-order valence-corrected chi connectivity index (χ2v) is 5.18. The van der Waals surface area contributed by atoms with Crippen molar-refractivity contribution >= 4 is 24.0 Å². The summed E-state index contributed by atoms with van der Waals surface area (Å²) in [5.74, 6) is -0.351. The molecule has 0 atom stereocenters. The Hall–Kier alpha value is -1.59. The lowest BCUT2D eigenvalue weighted by molar-refractivity contribution is -0.117. The van der Waals surface area contributed by atoms with Crippen molar-refractivity contribution in [3.8, 4) is 0 Å². The zero-order chi connectivity index (χ0) is 15.2. The topological polar surface area (TPSA) is 44.4 Å². The molecule has 0 radical (unpaired) electrons. The molecule has 1 aliphatic heterocycles. The monoisotopic (exact) mass is 327 g/mol. The van der Waals surface area contributed by atoms with Crippen LogP contribution in [0.4, 0.5) is 10.1 Å². The summed E-state index contributed by atoms with van der Waals surface area (Å²) in [5.41, 5.74) is 2.06. The number of hydrogen-bond acceptors (Lipinski definition) is 3. The Kier molecular flexibility index (Phi) is 7.35. The molecule has 22 heavy (non-hydrogen) atoms. The van der Waals surface area contributed by atoms with Crippen molar-refractivity contribution in [2.75, 3.05) is 31.1 Å². The van der Waals surface area contributed by atoms with Crippen LogP contribution in [0.1, 0.15) is 19.4 Å². The molecule has 1 fully saturated rings. The van der Waals surface area contributed by atoms with Gasteiger partial charge in [-0.2, -0.15) is 0 Å². The molecule has 1 aliphatic rings. The molecule has 1 amide bonds. The molecule has 0 aromatic heterocycles. The Labute approximate surface area is 137 Å².